The standard InChI is InChI=1S/C7H5ClF5NS.ClH/c8-4-2-1-3(15-4)5(14)6(9,10)7(11,12)13;/h1-2,5H,14H2;1H/t5-;/m1./s1. The number of nitrogens with two attached hydrogens (primary N) is 1. The zero-order valence-corrected chi connectivity index (χ0v) is 9.78. The van der Waals surface area contributed by atoms with Crippen LogP contribution in [0.3, 0.4) is 0 Å². The second kappa shape index (κ2) is 5.03. The number of alkyl halides is 5. The van der Waals surface area contributed by atoms with E-state index in [1.165, 1.54) is 6.07 Å². The molecule has 0 aliphatic heterocycles. The first-order valence-corrected chi connectivity index (χ1v) is 4.81. The first-order valence-electron chi connectivity index (χ1n) is 3.61. The maximum atomic E-state index is 12.7. The highest BCUT2D eigenvalue weighted by molar-refractivity contribution is 7.16. The highest BCUT2D eigenvalue weighted by Gasteiger charge is 2.62. The van der Waals surface area contributed by atoms with Crippen LogP contribution in [0.2, 0.25) is 4.34 Å². The third-order valence-electron chi connectivity index (χ3n) is 1.67. The zero-order chi connectivity index (χ0) is 11.9. The van der Waals surface area contributed by atoms with Crippen molar-refractivity contribution >= 4 is 35.3 Å². The molecular weight excluding hydrogens is 296 g/mol. The normalized spacial score (nSPS) is 14.4. The number of thiophene rings is 1. The van der Waals surface area contributed by atoms with Crippen LogP contribution in [0.5, 0.6) is 0 Å². The second-order valence-corrected chi connectivity index (χ2v) is 4.49. The van der Waals surface area contributed by atoms with Crippen LogP contribution < -0.4 is 5.73 Å². The molecule has 1 rings (SSSR count). The van der Waals surface area contributed by atoms with Gasteiger partial charge in [-0.25, -0.2) is 0 Å². The van der Waals surface area contributed by atoms with Crippen LogP contribution >= 0.6 is 35.3 Å². The van der Waals surface area contributed by atoms with Gasteiger partial charge < -0.3 is 5.73 Å². The van der Waals surface area contributed by atoms with Crippen LogP contribution in [0.15, 0.2) is 12.1 Å². The van der Waals surface area contributed by atoms with Gasteiger partial charge in [0.25, 0.3) is 0 Å². The van der Waals surface area contributed by atoms with Crippen molar-refractivity contribution in [2.24, 2.45) is 5.73 Å². The minimum absolute atomic E-state index is 0. The average Bonchev–Trinajstić information content (AvgIpc) is 2.48. The van der Waals surface area contributed by atoms with Crippen molar-refractivity contribution < 1.29 is 22.0 Å². The van der Waals surface area contributed by atoms with Gasteiger partial charge in [-0.15, -0.1) is 23.7 Å². The van der Waals surface area contributed by atoms with Gasteiger partial charge in [0.2, 0.25) is 0 Å². The minimum Gasteiger partial charge on any atom is -0.318 e. The smallest absolute Gasteiger partial charge is 0.318 e. The van der Waals surface area contributed by atoms with Crippen molar-refractivity contribution in [2.45, 2.75) is 18.1 Å². The lowest BCUT2D eigenvalue weighted by Gasteiger charge is -2.24. The van der Waals surface area contributed by atoms with Crippen LogP contribution in [0.4, 0.5) is 22.0 Å². The Labute approximate surface area is 103 Å². The lowest BCUT2D eigenvalue weighted by atomic mass is 10.1. The molecule has 0 aliphatic rings. The van der Waals surface area contributed by atoms with Gasteiger partial charge in [0.05, 0.1) is 4.34 Å². The van der Waals surface area contributed by atoms with Gasteiger partial charge in [0.1, 0.15) is 6.04 Å². The van der Waals surface area contributed by atoms with Crippen molar-refractivity contribution in [1.29, 1.82) is 0 Å². The summed E-state index contributed by atoms with van der Waals surface area (Å²) in [7, 11) is 0. The Hall–Kier alpha value is -0.110. The molecule has 0 bridgehead atoms. The SMILES string of the molecule is Cl.N[C@H](c1ccc(Cl)s1)C(F)(F)C(F)(F)F. The van der Waals surface area contributed by atoms with Gasteiger partial charge >= 0.3 is 12.1 Å². The molecule has 1 atom stereocenters. The molecule has 1 nitrogen and oxygen atoms in total. The summed E-state index contributed by atoms with van der Waals surface area (Å²) in [6, 6.07) is -0.152. The van der Waals surface area contributed by atoms with Crippen molar-refractivity contribution in [3.63, 3.8) is 0 Å². The minimum atomic E-state index is -5.66. The summed E-state index contributed by atoms with van der Waals surface area (Å²) in [6.07, 6.45) is -5.66. The third kappa shape index (κ3) is 2.97. The van der Waals surface area contributed by atoms with E-state index >= 15 is 0 Å². The molecule has 2 N–H and O–H groups in total. The Bertz CT molecular complexity index is 351. The van der Waals surface area contributed by atoms with E-state index in [2.05, 4.69) is 0 Å². The molecular formula is C7H6Cl2F5NS. The van der Waals surface area contributed by atoms with E-state index in [-0.39, 0.29) is 21.6 Å². The quantitative estimate of drug-likeness (QED) is 0.820. The molecule has 94 valence electrons. The molecule has 0 aliphatic carbocycles. The molecule has 1 aromatic heterocycles. The number of halogens is 7. The number of rotatable bonds is 2. The zero-order valence-electron chi connectivity index (χ0n) is 7.39. The van der Waals surface area contributed by atoms with Crippen LogP contribution in [-0.4, -0.2) is 12.1 Å². The molecule has 0 spiro atoms. The van der Waals surface area contributed by atoms with Gasteiger partial charge in [-0.2, -0.15) is 22.0 Å². The molecule has 0 radical (unpaired) electrons. The maximum Gasteiger partial charge on any atom is 0.455 e. The van der Waals surface area contributed by atoms with Crippen molar-refractivity contribution in [3.8, 4) is 0 Å². The molecule has 0 fully saturated rings. The molecule has 0 saturated carbocycles. The summed E-state index contributed by atoms with van der Waals surface area (Å²) in [5.41, 5.74) is 4.85. The predicted octanol–water partition coefficient (Wildman–Crippen LogP) is 4.02. The molecule has 0 aromatic carbocycles. The summed E-state index contributed by atoms with van der Waals surface area (Å²) in [4.78, 5) is -0.303. The van der Waals surface area contributed by atoms with Gasteiger partial charge in [-0.1, -0.05) is 11.6 Å². The molecule has 16 heavy (non-hydrogen) atoms. The molecule has 1 heterocycles. The maximum absolute atomic E-state index is 12.7. The van der Waals surface area contributed by atoms with Crippen LogP contribution in [0.25, 0.3) is 0 Å². The highest BCUT2D eigenvalue weighted by atomic mass is 35.5. The second-order valence-electron chi connectivity index (χ2n) is 2.74. The molecule has 0 unspecified atom stereocenters. The molecule has 1 aromatic rings. The molecule has 0 saturated heterocycles. The fourth-order valence-electron chi connectivity index (χ4n) is 0.850. The Morgan fingerprint density at radius 3 is 2.00 bits per heavy atom. The van der Waals surface area contributed by atoms with Gasteiger partial charge in [-0.3, -0.25) is 0 Å². The number of hydrogen-bond acceptors (Lipinski definition) is 2. The number of hydrogen-bond donors (Lipinski definition) is 1. The Morgan fingerprint density at radius 1 is 1.19 bits per heavy atom. The van der Waals surface area contributed by atoms with Crippen molar-refractivity contribution in [1.82, 2.24) is 0 Å². The highest BCUT2D eigenvalue weighted by Crippen LogP contribution is 2.44. The first-order chi connectivity index (χ1) is 6.66. The van der Waals surface area contributed by atoms with Gasteiger partial charge in [-0.05, 0) is 12.1 Å². The largest absolute Gasteiger partial charge is 0.455 e. The van der Waals surface area contributed by atoms with E-state index in [0.717, 1.165) is 6.07 Å². The lowest BCUT2D eigenvalue weighted by Crippen LogP contribution is -2.45. The van der Waals surface area contributed by atoms with E-state index < -0.39 is 18.1 Å². The monoisotopic (exact) mass is 301 g/mol. The Balaban J connectivity index is 0.00000225. The van der Waals surface area contributed by atoms with Crippen LogP contribution in [0, 0.1) is 0 Å². The summed E-state index contributed by atoms with van der Waals surface area (Å²) < 4.78 is 61.3. The van der Waals surface area contributed by atoms with E-state index in [4.69, 9.17) is 17.3 Å². The Morgan fingerprint density at radius 2 is 1.69 bits per heavy atom. The van der Waals surface area contributed by atoms with Crippen LogP contribution in [0.1, 0.15) is 10.9 Å². The van der Waals surface area contributed by atoms with Gasteiger partial charge in [0, 0.05) is 4.88 Å². The summed E-state index contributed by atoms with van der Waals surface area (Å²) in [5, 5.41) is 0. The molecule has 0 amide bonds. The van der Waals surface area contributed by atoms with E-state index in [1.807, 2.05) is 0 Å². The topological polar surface area (TPSA) is 26.0 Å². The third-order valence-corrected chi connectivity index (χ3v) is 2.98. The van der Waals surface area contributed by atoms with Gasteiger partial charge in [0.15, 0.2) is 0 Å². The first kappa shape index (κ1) is 15.9. The van der Waals surface area contributed by atoms with Crippen LogP contribution in [-0.2, 0) is 0 Å². The fourth-order valence-corrected chi connectivity index (χ4v) is 1.95. The van der Waals surface area contributed by atoms with Crippen molar-refractivity contribution in [2.75, 3.05) is 0 Å². The van der Waals surface area contributed by atoms with E-state index in [0.29, 0.717) is 11.3 Å². The summed E-state index contributed by atoms with van der Waals surface area (Å²) in [5.74, 6) is -4.96. The molecule has 9 heteroatoms. The summed E-state index contributed by atoms with van der Waals surface area (Å²) >= 11 is 6.00. The Kier molecular flexibility index (Phi) is 5.00. The van der Waals surface area contributed by atoms with Crippen molar-refractivity contribution in [3.05, 3.63) is 21.3 Å². The lowest BCUT2D eigenvalue weighted by molar-refractivity contribution is -0.290. The summed E-state index contributed by atoms with van der Waals surface area (Å²) in [6.45, 7) is 0. The fraction of sp³-hybridized carbons (Fsp3) is 0.429. The predicted molar refractivity (Wildman–Crippen MR) is 54.5 cm³/mol. The van der Waals surface area contributed by atoms with E-state index in [1.54, 1.807) is 0 Å². The van der Waals surface area contributed by atoms with E-state index in [9.17, 15) is 22.0 Å². The average molecular weight is 302 g/mol.